The summed E-state index contributed by atoms with van der Waals surface area (Å²) in [6.07, 6.45) is 2.33. The van der Waals surface area contributed by atoms with E-state index in [-0.39, 0.29) is 24.0 Å². The third-order valence-corrected chi connectivity index (χ3v) is 6.10. The fourth-order valence-electron chi connectivity index (χ4n) is 4.21. The van der Waals surface area contributed by atoms with Gasteiger partial charge < -0.3 is 15.4 Å². The van der Waals surface area contributed by atoms with Crippen LogP contribution in [0, 0.1) is 12.8 Å². The standard InChI is InChI=1S/C23H39N5O.HI/c1-19(17-28-12-14-29-15-13-28)16-25-23(24-3)26-22-8-10-27(11-9-22)18-21-7-5-4-6-20(21)2;/h4-7,19,22H,8-18H2,1-3H3,(H2,24,25,26);1H. The van der Waals surface area contributed by atoms with Gasteiger partial charge in [0.1, 0.15) is 0 Å². The molecule has 1 atom stereocenters. The van der Waals surface area contributed by atoms with E-state index in [1.807, 2.05) is 7.05 Å². The van der Waals surface area contributed by atoms with Crippen molar-refractivity contribution in [2.24, 2.45) is 10.9 Å². The fourth-order valence-corrected chi connectivity index (χ4v) is 4.21. The van der Waals surface area contributed by atoms with Crippen molar-refractivity contribution >= 4 is 29.9 Å². The van der Waals surface area contributed by atoms with Gasteiger partial charge in [0.15, 0.2) is 5.96 Å². The highest BCUT2D eigenvalue weighted by molar-refractivity contribution is 14.0. The minimum Gasteiger partial charge on any atom is -0.379 e. The number of nitrogens with zero attached hydrogens (tertiary/aromatic N) is 3. The van der Waals surface area contributed by atoms with Crippen molar-refractivity contribution in [2.75, 3.05) is 59.5 Å². The average molecular weight is 530 g/mol. The number of aryl methyl sites for hydroxylation is 1. The van der Waals surface area contributed by atoms with Crippen LogP contribution in [0.3, 0.4) is 0 Å². The Morgan fingerprint density at radius 2 is 1.83 bits per heavy atom. The zero-order valence-electron chi connectivity index (χ0n) is 18.9. The molecule has 0 radical (unpaired) electrons. The second-order valence-corrected chi connectivity index (χ2v) is 8.59. The van der Waals surface area contributed by atoms with Crippen molar-refractivity contribution in [3.05, 3.63) is 35.4 Å². The van der Waals surface area contributed by atoms with Crippen molar-refractivity contribution in [1.29, 1.82) is 0 Å². The quantitative estimate of drug-likeness (QED) is 0.323. The van der Waals surface area contributed by atoms with Crippen molar-refractivity contribution in [3.8, 4) is 0 Å². The molecule has 2 aliphatic rings. The number of hydrogen-bond acceptors (Lipinski definition) is 4. The Bertz CT molecular complexity index is 642. The number of rotatable bonds is 7. The molecular formula is C23H40IN5O. The van der Waals surface area contributed by atoms with Crippen molar-refractivity contribution < 1.29 is 4.74 Å². The van der Waals surface area contributed by atoms with Gasteiger partial charge in [-0.05, 0) is 36.8 Å². The molecule has 0 amide bonds. The SMILES string of the molecule is CN=C(NCC(C)CN1CCOCC1)NC1CCN(Cc2ccccc2C)CC1.I. The zero-order valence-corrected chi connectivity index (χ0v) is 21.2. The Kier molecular flexibility index (Phi) is 11.4. The van der Waals surface area contributed by atoms with Crippen LogP contribution in [0.5, 0.6) is 0 Å². The number of aliphatic imine (C=N–C) groups is 1. The normalized spacial score (nSPS) is 20.4. The van der Waals surface area contributed by atoms with E-state index in [1.54, 1.807) is 0 Å². The lowest BCUT2D eigenvalue weighted by atomic mass is 10.0. The molecule has 30 heavy (non-hydrogen) atoms. The van der Waals surface area contributed by atoms with Crippen LogP contribution < -0.4 is 10.6 Å². The average Bonchev–Trinajstić information content (AvgIpc) is 2.74. The van der Waals surface area contributed by atoms with E-state index >= 15 is 0 Å². The summed E-state index contributed by atoms with van der Waals surface area (Å²) in [5.41, 5.74) is 2.84. The molecule has 0 bridgehead atoms. The van der Waals surface area contributed by atoms with E-state index in [1.165, 1.54) is 11.1 Å². The maximum absolute atomic E-state index is 5.44. The lowest BCUT2D eigenvalue weighted by molar-refractivity contribution is 0.0320. The monoisotopic (exact) mass is 529 g/mol. The molecule has 1 aromatic carbocycles. The van der Waals surface area contributed by atoms with Crippen LogP contribution in [-0.2, 0) is 11.3 Å². The van der Waals surface area contributed by atoms with E-state index in [0.29, 0.717) is 12.0 Å². The third kappa shape index (κ3) is 8.32. The predicted octanol–water partition coefficient (Wildman–Crippen LogP) is 2.71. The number of hydrogen-bond donors (Lipinski definition) is 2. The van der Waals surface area contributed by atoms with Crippen molar-refractivity contribution in [2.45, 2.75) is 39.3 Å². The van der Waals surface area contributed by atoms with Gasteiger partial charge >= 0.3 is 0 Å². The minimum atomic E-state index is 0. The molecule has 7 heteroatoms. The Morgan fingerprint density at radius 3 is 2.50 bits per heavy atom. The second kappa shape index (κ2) is 13.5. The number of piperidine rings is 1. The minimum absolute atomic E-state index is 0. The molecule has 1 unspecified atom stereocenters. The van der Waals surface area contributed by atoms with Gasteiger partial charge in [-0.1, -0.05) is 31.2 Å². The number of halogens is 1. The Morgan fingerprint density at radius 1 is 1.13 bits per heavy atom. The maximum Gasteiger partial charge on any atom is 0.191 e. The topological polar surface area (TPSA) is 52.1 Å². The maximum atomic E-state index is 5.44. The van der Waals surface area contributed by atoms with Gasteiger partial charge in [-0.15, -0.1) is 24.0 Å². The highest BCUT2D eigenvalue weighted by Gasteiger charge is 2.21. The summed E-state index contributed by atoms with van der Waals surface area (Å²) >= 11 is 0. The molecular weight excluding hydrogens is 489 g/mol. The number of nitrogens with one attached hydrogen (secondary N) is 2. The first kappa shape index (κ1) is 25.4. The highest BCUT2D eigenvalue weighted by atomic mass is 127. The van der Waals surface area contributed by atoms with Gasteiger partial charge in [-0.3, -0.25) is 14.8 Å². The third-order valence-electron chi connectivity index (χ3n) is 6.10. The second-order valence-electron chi connectivity index (χ2n) is 8.59. The lowest BCUT2D eigenvalue weighted by Gasteiger charge is -2.33. The Hall–Kier alpha value is -0.900. The van der Waals surface area contributed by atoms with Gasteiger partial charge in [0, 0.05) is 58.9 Å². The van der Waals surface area contributed by atoms with E-state index in [2.05, 4.69) is 63.5 Å². The van der Waals surface area contributed by atoms with Gasteiger partial charge in [0.2, 0.25) is 0 Å². The molecule has 2 saturated heterocycles. The summed E-state index contributed by atoms with van der Waals surface area (Å²) in [4.78, 5) is 9.51. The number of ether oxygens (including phenoxy) is 1. The van der Waals surface area contributed by atoms with Crippen LogP contribution >= 0.6 is 24.0 Å². The molecule has 170 valence electrons. The first-order valence-electron chi connectivity index (χ1n) is 11.2. The number of morpholine rings is 1. The summed E-state index contributed by atoms with van der Waals surface area (Å²) in [7, 11) is 1.87. The molecule has 0 saturated carbocycles. The number of guanidine groups is 1. The summed E-state index contributed by atoms with van der Waals surface area (Å²) < 4.78 is 5.44. The molecule has 2 heterocycles. The number of benzene rings is 1. The largest absolute Gasteiger partial charge is 0.379 e. The van der Waals surface area contributed by atoms with Crippen LogP contribution in [0.4, 0.5) is 0 Å². The summed E-state index contributed by atoms with van der Waals surface area (Å²) in [6, 6.07) is 9.23. The molecule has 0 aliphatic carbocycles. The van der Waals surface area contributed by atoms with Crippen LogP contribution in [0.1, 0.15) is 30.9 Å². The lowest BCUT2D eigenvalue weighted by Crippen LogP contribution is -2.49. The fraction of sp³-hybridized carbons (Fsp3) is 0.696. The van der Waals surface area contributed by atoms with Gasteiger partial charge in [0.25, 0.3) is 0 Å². The van der Waals surface area contributed by atoms with Crippen LogP contribution in [-0.4, -0.2) is 81.3 Å². The Labute approximate surface area is 199 Å². The van der Waals surface area contributed by atoms with Crippen molar-refractivity contribution in [3.63, 3.8) is 0 Å². The van der Waals surface area contributed by atoms with Crippen LogP contribution in [0.2, 0.25) is 0 Å². The van der Waals surface area contributed by atoms with E-state index in [4.69, 9.17) is 4.74 Å². The molecule has 1 aromatic rings. The number of likely N-dealkylation sites (tertiary alicyclic amines) is 1. The summed E-state index contributed by atoms with van der Waals surface area (Å²) in [5.74, 6) is 1.53. The first-order valence-corrected chi connectivity index (χ1v) is 11.2. The summed E-state index contributed by atoms with van der Waals surface area (Å²) in [5, 5.41) is 7.17. The van der Waals surface area contributed by atoms with E-state index < -0.39 is 0 Å². The molecule has 6 nitrogen and oxygen atoms in total. The first-order chi connectivity index (χ1) is 14.1. The molecule has 2 fully saturated rings. The molecule has 2 N–H and O–H groups in total. The highest BCUT2D eigenvalue weighted by Crippen LogP contribution is 2.16. The summed E-state index contributed by atoms with van der Waals surface area (Å²) in [6.45, 7) is 13.7. The molecule has 2 aliphatic heterocycles. The Balaban J connectivity index is 0.00000320. The zero-order chi connectivity index (χ0) is 20.5. The van der Waals surface area contributed by atoms with Gasteiger partial charge in [-0.25, -0.2) is 0 Å². The van der Waals surface area contributed by atoms with Crippen LogP contribution in [0.15, 0.2) is 29.3 Å². The molecule has 0 spiro atoms. The molecule has 0 aromatic heterocycles. The predicted molar refractivity (Wildman–Crippen MR) is 136 cm³/mol. The van der Waals surface area contributed by atoms with Crippen LogP contribution in [0.25, 0.3) is 0 Å². The van der Waals surface area contributed by atoms with Crippen molar-refractivity contribution in [1.82, 2.24) is 20.4 Å². The van der Waals surface area contributed by atoms with Gasteiger partial charge in [0.05, 0.1) is 13.2 Å². The molecule has 3 rings (SSSR count). The smallest absolute Gasteiger partial charge is 0.191 e. The van der Waals surface area contributed by atoms with E-state index in [0.717, 1.165) is 77.8 Å². The van der Waals surface area contributed by atoms with E-state index in [9.17, 15) is 0 Å². The van der Waals surface area contributed by atoms with Gasteiger partial charge in [-0.2, -0.15) is 0 Å².